The molecular weight excluding hydrogens is 276 g/mol. The molecule has 0 spiro atoms. The topological polar surface area (TPSA) is 45.3 Å². The van der Waals surface area contributed by atoms with Crippen molar-refractivity contribution in [2.45, 2.75) is 33.1 Å². The third kappa shape index (κ3) is 3.69. The van der Waals surface area contributed by atoms with Crippen molar-refractivity contribution in [1.82, 2.24) is 9.88 Å². The Morgan fingerprint density at radius 3 is 2.45 bits per heavy atom. The maximum atomic E-state index is 11.6. The lowest BCUT2D eigenvalue weighted by Gasteiger charge is -2.23. The second kappa shape index (κ2) is 6.13. The molecule has 0 aliphatic heterocycles. The highest BCUT2D eigenvalue weighted by atomic mass is 16.5. The van der Waals surface area contributed by atoms with E-state index in [1.807, 2.05) is 26.2 Å². The van der Waals surface area contributed by atoms with Crippen molar-refractivity contribution in [1.29, 1.82) is 0 Å². The number of fused-ring (bicyclic) bond motifs is 1. The van der Waals surface area contributed by atoms with Crippen LogP contribution in [0.1, 0.15) is 43.7 Å². The van der Waals surface area contributed by atoms with E-state index in [4.69, 9.17) is 4.74 Å². The lowest BCUT2D eigenvalue weighted by atomic mass is 9.85. The molecule has 0 saturated heterocycles. The lowest BCUT2D eigenvalue weighted by molar-refractivity contribution is 0.101. The highest BCUT2D eigenvalue weighted by Gasteiger charge is 2.21. The molecule has 2 rings (SSSR count). The second-order valence-electron chi connectivity index (χ2n) is 7.08. The maximum absolute atomic E-state index is 11.6. The van der Waals surface area contributed by atoms with Gasteiger partial charge in [-0.1, -0.05) is 20.8 Å². The number of ketones is 1. The molecule has 0 atom stereocenters. The number of carbonyl (C=O) groups excluding carboxylic acids is 1. The van der Waals surface area contributed by atoms with Crippen LogP contribution in [0.3, 0.4) is 0 Å². The molecule has 0 saturated carbocycles. The van der Waals surface area contributed by atoms with Crippen LogP contribution >= 0.6 is 0 Å². The van der Waals surface area contributed by atoms with Gasteiger partial charge in [-0.3, -0.25) is 4.79 Å². The van der Waals surface area contributed by atoms with Crippen molar-refractivity contribution in [2.24, 2.45) is 0 Å². The van der Waals surface area contributed by atoms with Gasteiger partial charge in [-0.15, -0.1) is 0 Å². The first-order valence-corrected chi connectivity index (χ1v) is 7.64. The second-order valence-corrected chi connectivity index (χ2v) is 7.08. The number of likely N-dealkylation sites (N-methyl/N-ethyl adjacent to an activating group) is 1. The summed E-state index contributed by atoms with van der Waals surface area (Å²) >= 11 is 0. The maximum Gasteiger partial charge on any atom is 0.175 e. The lowest BCUT2D eigenvalue weighted by Crippen LogP contribution is -2.21. The first kappa shape index (κ1) is 16.6. The Kier molecular flexibility index (Phi) is 4.61. The Bertz CT molecular complexity index is 678. The third-order valence-corrected chi connectivity index (χ3v) is 3.70. The molecule has 4 heteroatoms. The summed E-state index contributed by atoms with van der Waals surface area (Å²) in [4.78, 5) is 16.8. The number of hydrogen-bond donors (Lipinski definition) is 1. The van der Waals surface area contributed by atoms with E-state index in [-0.39, 0.29) is 11.2 Å². The molecule has 1 N–H and O–H groups in total. The van der Waals surface area contributed by atoms with Crippen LogP contribution in [-0.4, -0.2) is 42.9 Å². The van der Waals surface area contributed by atoms with E-state index in [0.29, 0.717) is 12.3 Å². The zero-order valence-electron chi connectivity index (χ0n) is 14.4. The molecule has 2 aromatic rings. The average Bonchev–Trinajstić information content (AvgIpc) is 2.79. The van der Waals surface area contributed by atoms with Crippen LogP contribution in [0.5, 0.6) is 5.75 Å². The zero-order chi connectivity index (χ0) is 16.5. The fraction of sp³-hybridized carbons (Fsp3) is 0.500. The third-order valence-electron chi connectivity index (χ3n) is 3.70. The van der Waals surface area contributed by atoms with Gasteiger partial charge < -0.3 is 14.6 Å². The number of benzene rings is 1. The molecule has 0 bridgehead atoms. The van der Waals surface area contributed by atoms with Gasteiger partial charge in [0, 0.05) is 36.0 Å². The highest BCUT2D eigenvalue weighted by Crippen LogP contribution is 2.35. The van der Waals surface area contributed by atoms with Crippen molar-refractivity contribution in [2.75, 3.05) is 27.2 Å². The number of rotatable bonds is 5. The normalized spacial score (nSPS) is 12.1. The number of Topliss-reactive ketones (excluding diaryl/α,β-unsaturated/α-hetero) is 1. The predicted molar refractivity (Wildman–Crippen MR) is 91.1 cm³/mol. The molecule has 1 heterocycles. The first-order valence-electron chi connectivity index (χ1n) is 7.64. The largest absolute Gasteiger partial charge is 0.492 e. The fourth-order valence-electron chi connectivity index (χ4n) is 2.39. The summed E-state index contributed by atoms with van der Waals surface area (Å²) in [7, 11) is 4.06. The van der Waals surface area contributed by atoms with Gasteiger partial charge in [-0.2, -0.15) is 0 Å². The minimum atomic E-state index is -0.0186. The molecule has 0 aliphatic rings. The van der Waals surface area contributed by atoms with Crippen molar-refractivity contribution >= 4 is 16.7 Å². The quantitative estimate of drug-likeness (QED) is 0.858. The number of aromatic amines is 1. The minimum Gasteiger partial charge on any atom is -0.492 e. The smallest absolute Gasteiger partial charge is 0.175 e. The van der Waals surface area contributed by atoms with E-state index in [0.717, 1.165) is 28.8 Å². The molecule has 22 heavy (non-hydrogen) atoms. The molecule has 120 valence electrons. The van der Waals surface area contributed by atoms with E-state index in [2.05, 4.69) is 36.7 Å². The van der Waals surface area contributed by atoms with Crippen LogP contribution in [0.2, 0.25) is 0 Å². The molecular formula is C18H26N2O2. The van der Waals surface area contributed by atoms with Gasteiger partial charge in [0.05, 0.1) is 5.69 Å². The summed E-state index contributed by atoms with van der Waals surface area (Å²) in [5.41, 5.74) is 2.72. The molecule has 1 aromatic heterocycles. The van der Waals surface area contributed by atoms with Crippen LogP contribution in [0.25, 0.3) is 10.9 Å². The van der Waals surface area contributed by atoms with E-state index in [1.165, 1.54) is 0 Å². The van der Waals surface area contributed by atoms with Crippen molar-refractivity contribution in [3.8, 4) is 5.75 Å². The summed E-state index contributed by atoms with van der Waals surface area (Å²) < 4.78 is 6.01. The SMILES string of the molecule is CC(=O)c1cc2cc(C(C)(C)C)c(OCCN(C)C)cc2[nH]1. The molecule has 0 radical (unpaired) electrons. The molecule has 0 aliphatic carbocycles. The first-order chi connectivity index (χ1) is 10.2. The highest BCUT2D eigenvalue weighted by molar-refractivity contribution is 5.98. The molecule has 0 fully saturated rings. The Morgan fingerprint density at radius 2 is 1.91 bits per heavy atom. The van der Waals surface area contributed by atoms with Gasteiger partial charge in [0.15, 0.2) is 5.78 Å². The van der Waals surface area contributed by atoms with E-state index >= 15 is 0 Å². The summed E-state index contributed by atoms with van der Waals surface area (Å²) in [6.07, 6.45) is 0. The molecule has 1 aromatic carbocycles. The van der Waals surface area contributed by atoms with E-state index in [9.17, 15) is 4.79 Å². The number of hydrogen-bond acceptors (Lipinski definition) is 3. The Morgan fingerprint density at radius 1 is 1.23 bits per heavy atom. The van der Waals surface area contributed by atoms with Crippen molar-refractivity contribution < 1.29 is 9.53 Å². The zero-order valence-corrected chi connectivity index (χ0v) is 14.4. The van der Waals surface area contributed by atoms with E-state index < -0.39 is 0 Å². The summed E-state index contributed by atoms with van der Waals surface area (Å²) in [6, 6.07) is 6.05. The van der Waals surface area contributed by atoms with Gasteiger partial charge >= 0.3 is 0 Å². The number of ether oxygens (including phenoxy) is 1. The van der Waals surface area contributed by atoms with Crippen LogP contribution < -0.4 is 4.74 Å². The Balaban J connectivity index is 2.44. The van der Waals surface area contributed by atoms with E-state index in [1.54, 1.807) is 6.92 Å². The summed E-state index contributed by atoms with van der Waals surface area (Å²) in [5, 5.41) is 1.05. The number of nitrogens with zero attached hydrogens (tertiary/aromatic N) is 1. The number of aromatic nitrogens is 1. The molecule has 0 amide bonds. The molecule has 4 nitrogen and oxygen atoms in total. The Labute approximate surface area is 132 Å². The Hall–Kier alpha value is -1.81. The van der Waals surface area contributed by atoms with Crippen molar-refractivity contribution in [3.05, 3.63) is 29.5 Å². The van der Waals surface area contributed by atoms with Gasteiger partial charge in [-0.05, 0) is 31.6 Å². The standard InChI is InChI=1S/C18H26N2O2/c1-12(21)15-10-13-9-14(18(2,3)4)17(11-16(13)19-15)22-8-7-20(5)6/h9-11,19H,7-8H2,1-6H3. The van der Waals surface area contributed by atoms with Crippen LogP contribution in [0.4, 0.5) is 0 Å². The predicted octanol–water partition coefficient (Wildman–Crippen LogP) is 3.61. The number of H-pyrrole nitrogens is 1. The average molecular weight is 302 g/mol. The van der Waals surface area contributed by atoms with Gasteiger partial charge in [0.2, 0.25) is 0 Å². The summed E-state index contributed by atoms with van der Waals surface area (Å²) in [6.45, 7) is 9.60. The number of carbonyl (C=O) groups is 1. The van der Waals surface area contributed by atoms with Gasteiger partial charge in [0.25, 0.3) is 0 Å². The van der Waals surface area contributed by atoms with Crippen LogP contribution in [0, 0.1) is 0 Å². The van der Waals surface area contributed by atoms with Crippen molar-refractivity contribution in [3.63, 3.8) is 0 Å². The summed E-state index contributed by atoms with van der Waals surface area (Å²) in [5.74, 6) is 0.933. The van der Waals surface area contributed by atoms with Gasteiger partial charge in [-0.25, -0.2) is 0 Å². The monoisotopic (exact) mass is 302 g/mol. The minimum absolute atomic E-state index is 0.0186. The number of nitrogens with one attached hydrogen (secondary N) is 1. The fourth-order valence-corrected chi connectivity index (χ4v) is 2.39. The van der Waals surface area contributed by atoms with Crippen LogP contribution in [0.15, 0.2) is 18.2 Å². The van der Waals surface area contributed by atoms with Gasteiger partial charge in [0.1, 0.15) is 12.4 Å². The molecule has 0 unspecified atom stereocenters. The van der Waals surface area contributed by atoms with Crippen LogP contribution in [-0.2, 0) is 5.41 Å².